The summed E-state index contributed by atoms with van der Waals surface area (Å²) in [6.07, 6.45) is 7.02. The largest absolute Gasteiger partial charge is 0.457 e. The summed E-state index contributed by atoms with van der Waals surface area (Å²) in [5.74, 6) is -0.656. The Labute approximate surface area is 220 Å². The van der Waals surface area contributed by atoms with E-state index in [0.717, 1.165) is 23.5 Å². The highest BCUT2D eigenvalue weighted by Gasteiger charge is 2.22. The fourth-order valence-electron chi connectivity index (χ4n) is 3.12. The molecule has 0 aliphatic carbocycles. The highest BCUT2D eigenvalue weighted by Crippen LogP contribution is 2.27. The van der Waals surface area contributed by atoms with Crippen LogP contribution in [0.3, 0.4) is 0 Å². The summed E-state index contributed by atoms with van der Waals surface area (Å²) in [7, 11) is 1.56. The number of nitrogens with two attached hydrogens (primary N) is 1. The minimum absolute atomic E-state index is 0.0673. The lowest BCUT2D eigenvalue weighted by atomic mass is 9.92. The molecule has 0 aliphatic heterocycles. The number of ether oxygens (including phenoxy) is 1. The van der Waals surface area contributed by atoms with E-state index in [0.29, 0.717) is 11.5 Å². The number of halogens is 1. The van der Waals surface area contributed by atoms with E-state index in [1.807, 2.05) is 39.8 Å². The van der Waals surface area contributed by atoms with Gasteiger partial charge < -0.3 is 15.8 Å². The maximum Gasteiger partial charge on any atom is 0.324 e. The standard InChI is InChI=1S/C27H30FN7O3/c1-17-6-7-18(16-31-17)35-25(15-23(34-35)27(2,3)4)33-26(37)32-22-10-8-20(14-21(22)28)38-19(12-13-30-5)9-11-24(29)36/h6-16H,1-5H3,(H2,29,36)(H2,32,33,37)/b11-9+,19-12+,30-13?. The number of allylic oxidation sites excluding steroid dienone is 2. The van der Waals surface area contributed by atoms with Crippen molar-refractivity contribution in [2.75, 3.05) is 17.7 Å². The van der Waals surface area contributed by atoms with Gasteiger partial charge in [0.25, 0.3) is 0 Å². The Morgan fingerprint density at radius 3 is 2.50 bits per heavy atom. The molecule has 2 aromatic heterocycles. The van der Waals surface area contributed by atoms with Crippen LogP contribution in [0.2, 0.25) is 0 Å². The van der Waals surface area contributed by atoms with E-state index < -0.39 is 17.8 Å². The van der Waals surface area contributed by atoms with Crippen molar-refractivity contribution in [3.63, 3.8) is 0 Å². The SMILES string of the molecule is CN=C/C=C(\C=C\C(N)=O)Oc1ccc(NC(=O)Nc2cc(C(C)(C)C)nn2-c2ccc(C)nc2)c(F)c1. The molecule has 3 rings (SSSR count). The third kappa shape index (κ3) is 7.60. The lowest BCUT2D eigenvalue weighted by molar-refractivity contribution is -0.113. The first-order chi connectivity index (χ1) is 18.0. The molecule has 0 aliphatic rings. The van der Waals surface area contributed by atoms with Gasteiger partial charge in [0, 0.05) is 42.6 Å². The van der Waals surface area contributed by atoms with Crippen LogP contribution in [-0.4, -0.2) is 40.0 Å². The molecule has 0 atom stereocenters. The minimum Gasteiger partial charge on any atom is -0.457 e. The summed E-state index contributed by atoms with van der Waals surface area (Å²) in [4.78, 5) is 32.0. The number of urea groups is 1. The van der Waals surface area contributed by atoms with Crippen molar-refractivity contribution >= 4 is 29.7 Å². The summed E-state index contributed by atoms with van der Waals surface area (Å²) in [6.45, 7) is 7.90. The van der Waals surface area contributed by atoms with Gasteiger partial charge in [0.15, 0.2) is 0 Å². The Balaban J connectivity index is 1.79. The van der Waals surface area contributed by atoms with Crippen molar-refractivity contribution in [3.8, 4) is 11.4 Å². The summed E-state index contributed by atoms with van der Waals surface area (Å²) in [6, 6.07) is 8.71. The Morgan fingerprint density at radius 1 is 1.13 bits per heavy atom. The summed E-state index contributed by atoms with van der Waals surface area (Å²) < 4.78 is 22.0. The normalized spacial score (nSPS) is 12.2. The number of hydrogen-bond donors (Lipinski definition) is 3. The summed E-state index contributed by atoms with van der Waals surface area (Å²) >= 11 is 0. The van der Waals surface area contributed by atoms with Crippen molar-refractivity contribution in [2.24, 2.45) is 10.7 Å². The molecule has 1 aromatic carbocycles. The van der Waals surface area contributed by atoms with Gasteiger partial charge in [0.1, 0.15) is 23.1 Å². The number of benzene rings is 1. The van der Waals surface area contributed by atoms with E-state index >= 15 is 0 Å². The molecule has 0 radical (unpaired) electrons. The first-order valence-corrected chi connectivity index (χ1v) is 11.6. The number of amides is 3. The lowest BCUT2D eigenvalue weighted by Crippen LogP contribution is -2.22. The van der Waals surface area contributed by atoms with E-state index in [4.69, 9.17) is 10.5 Å². The summed E-state index contributed by atoms with van der Waals surface area (Å²) in [5, 5.41) is 9.88. The van der Waals surface area contributed by atoms with Gasteiger partial charge in [0.05, 0.1) is 23.3 Å². The van der Waals surface area contributed by atoms with Crippen LogP contribution in [0.25, 0.3) is 5.69 Å². The second kappa shape index (κ2) is 12.0. The Bertz CT molecular complexity index is 1400. The van der Waals surface area contributed by atoms with Gasteiger partial charge in [-0.25, -0.2) is 13.9 Å². The lowest BCUT2D eigenvalue weighted by Gasteiger charge is -2.14. The predicted octanol–water partition coefficient (Wildman–Crippen LogP) is 4.66. The van der Waals surface area contributed by atoms with Gasteiger partial charge in [-0.1, -0.05) is 20.8 Å². The van der Waals surface area contributed by atoms with Gasteiger partial charge in [-0.05, 0) is 43.3 Å². The maximum absolute atomic E-state index is 14.8. The topological polar surface area (TPSA) is 137 Å². The third-order valence-electron chi connectivity index (χ3n) is 5.08. The van der Waals surface area contributed by atoms with E-state index in [1.165, 1.54) is 30.5 Å². The molecule has 3 amide bonds. The van der Waals surface area contributed by atoms with Crippen molar-refractivity contribution in [2.45, 2.75) is 33.1 Å². The molecule has 3 aromatic rings. The van der Waals surface area contributed by atoms with Crippen LogP contribution in [-0.2, 0) is 10.2 Å². The highest BCUT2D eigenvalue weighted by molar-refractivity contribution is 5.99. The number of aromatic nitrogens is 3. The highest BCUT2D eigenvalue weighted by atomic mass is 19.1. The zero-order valence-corrected chi connectivity index (χ0v) is 21.8. The average Bonchev–Trinajstić information content (AvgIpc) is 3.27. The molecule has 198 valence electrons. The molecule has 0 bridgehead atoms. The molecule has 0 saturated carbocycles. The Hall–Kier alpha value is -4.80. The van der Waals surface area contributed by atoms with Crippen LogP contribution in [0.5, 0.6) is 5.75 Å². The molecule has 10 nitrogen and oxygen atoms in total. The Morgan fingerprint density at radius 2 is 1.89 bits per heavy atom. The number of primary amides is 1. The van der Waals surface area contributed by atoms with Gasteiger partial charge in [-0.15, -0.1) is 0 Å². The number of nitrogens with one attached hydrogen (secondary N) is 2. The van der Waals surface area contributed by atoms with Gasteiger partial charge in [-0.3, -0.25) is 20.1 Å². The van der Waals surface area contributed by atoms with Crippen LogP contribution < -0.4 is 21.1 Å². The van der Waals surface area contributed by atoms with Crippen LogP contribution in [0.15, 0.2) is 71.6 Å². The fraction of sp³-hybridized carbons (Fsp3) is 0.222. The number of rotatable bonds is 8. The van der Waals surface area contributed by atoms with Gasteiger partial charge in [0.2, 0.25) is 5.91 Å². The van der Waals surface area contributed by atoms with Crippen molar-refractivity contribution in [3.05, 3.63) is 83.8 Å². The molecular weight excluding hydrogens is 489 g/mol. The number of carbonyl (C=O) groups is 2. The molecular formula is C27H30FN7O3. The van der Waals surface area contributed by atoms with Crippen LogP contribution in [0, 0.1) is 12.7 Å². The number of aliphatic imine (C=N–C) groups is 1. The average molecular weight is 520 g/mol. The number of aryl methyl sites for hydroxylation is 1. The smallest absolute Gasteiger partial charge is 0.324 e. The summed E-state index contributed by atoms with van der Waals surface area (Å²) in [5.41, 5.74) is 7.04. The third-order valence-corrected chi connectivity index (χ3v) is 5.08. The first-order valence-electron chi connectivity index (χ1n) is 11.6. The van der Waals surface area contributed by atoms with Crippen LogP contribution in [0.4, 0.5) is 20.7 Å². The van der Waals surface area contributed by atoms with E-state index in [1.54, 1.807) is 24.0 Å². The Kier molecular flexibility index (Phi) is 8.74. The van der Waals surface area contributed by atoms with Gasteiger partial charge in [-0.2, -0.15) is 5.10 Å². The van der Waals surface area contributed by atoms with Crippen molar-refractivity contribution in [1.29, 1.82) is 0 Å². The number of anilines is 2. The quantitative estimate of drug-likeness (QED) is 0.172. The number of nitrogens with zero attached hydrogens (tertiary/aromatic N) is 4. The number of hydrogen-bond acceptors (Lipinski definition) is 6. The monoisotopic (exact) mass is 519 g/mol. The molecule has 0 fully saturated rings. The van der Waals surface area contributed by atoms with Crippen LogP contribution >= 0.6 is 0 Å². The molecule has 0 saturated heterocycles. The van der Waals surface area contributed by atoms with Crippen molar-refractivity contribution < 1.29 is 18.7 Å². The molecule has 0 spiro atoms. The second-order valence-electron chi connectivity index (χ2n) is 9.27. The van der Waals surface area contributed by atoms with E-state index in [9.17, 15) is 14.0 Å². The number of carbonyl (C=O) groups excluding carboxylic acids is 2. The van der Waals surface area contributed by atoms with Crippen molar-refractivity contribution in [1.82, 2.24) is 14.8 Å². The fourth-order valence-corrected chi connectivity index (χ4v) is 3.12. The minimum atomic E-state index is -0.730. The molecule has 38 heavy (non-hydrogen) atoms. The maximum atomic E-state index is 14.8. The van der Waals surface area contributed by atoms with E-state index in [2.05, 4.69) is 25.7 Å². The van der Waals surface area contributed by atoms with E-state index in [-0.39, 0.29) is 22.6 Å². The molecule has 2 heterocycles. The molecule has 0 unspecified atom stereocenters. The first kappa shape index (κ1) is 27.8. The van der Waals surface area contributed by atoms with Crippen LogP contribution in [0.1, 0.15) is 32.2 Å². The number of pyridine rings is 1. The van der Waals surface area contributed by atoms with Gasteiger partial charge >= 0.3 is 6.03 Å². The molecule has 11 heteroatoms. The second-order valence-corrected chi connectivity index (χ2v) is 9.27. The molecule has 4 N–H and O–H groups in total. The predicted molar refractivity (Wildman–Crippen MR) is 145 cm³/mol. The zero-order valence-electron chi connectivity index (χ0n) is 21.8. The zero-order chi connectivity index (χ0) is 27.9.